The smallest absolute Gasteiger partial charge is 0.427 e. The fourth-order valence-electron chi connectivity index (χ4n) is 3.79. The number of carbonyl (C=O) groups is 3. The van der Waals surface area contributed by atoms with Crippen LogP contribution in [0.2, 0.25) is 5.02 Å². The number of carboxylic acid groups (broad SMARTS) is 1. The number of nitrogens with one attached hydrogen (secondary N) is 1. The Morgan fingerprint density at radius 3 is 2.24 bits per heavy atom. The van der Waals surface area contributed by atoms with Crippen LogP contribution in [0, 0.1) is 17.1 Å². The number of aromatic hydroxyl groups is 1. The third-order valence-corrected chi connectivity index (χ3v) is 7.94. The zero-order valence-corrected chi connectivity index (χ0v) is 28.5. The Morgan fingerprint density at radius 1 is 1.20 bits per heavy atom. The van der Waals surface area contributed by atoms with Crippen molar-refractivity contribution in [1.29, 1.82) is 5.26 Å². The van der Waals surface area contributed by atoms with Crippen LogP contribution in [0.4, 0.5) is 14.9 Å². The van der Waals surface area contributed by atoms with Crippen LogP contribution >= 0.6 is 51.1 Å². The number of phenols is 1. The molecule has 2 aromatic carbocycles. The molecule has 13 nitrogen and oxygen atoms in total. The van der Waals surface area contributed by atoms with Crippen molar-refractivity contribution in [1.82, 2.24) is 5.32 Å². The summed E-state index contributed by atoms with van der Waals surface area (Å²) < 4.78 is 36.1. The van der Waals surface area contributed by atoms with Crippen molar-refractivity contribution < 1.29 is 52.8 Å². The Balaban J connectivity index is 0.000000279. The molecule has 1 aliphatic heterocycles. The number of hydrogen-bond donors (Lipinski definition) is 5. The number of carbonyl (C=O) groups excluding carboxylic acids is 2. The summed E-state index contributed by atoms with van der Waals surface area (Å²) in [6, 6.07) is 7.40. The molecule has 2 amide bonds. The molecule has 0 atom stereocenters. The summed E-state index contributed by atoms with van der Waals surface area (Å²) in [5.74, 6) is -2.36. The van der Waals surface area contributed by atoms with E-state index in [1.165, 1.54) is 6.07 Å². The monoisotopic (exact) mass is 797 g/mol. The molecule has 1 saturated heterocycles. The molecule has 0 spiro atoms. The molecule has 244 valence electrons. The first-order valence-corrected chi connectivity index (χ1v) is 16.7. The van der Waals surface area contributed by atoms with E-state index in [1.807, 2.05) is 6.07 Å². The number of nitrogens with zero attached hydrogens (tertiary/aromatic N) is 2. The van der Waals surface area contributed by atoms with Gasteiger partial charge in [-0.05, 0) is 95.2 Å². The Labute approximate surface area is 279 Å². The highest BCUT2D eigenvalue weighted by molar-refractivity contribution is 9.11. The van der Waals surface area contributed by atoms with Crippen LogP contribution in [0.25, 0.3) is 0 Å². The van der Waals surface area contributed by atoms with E-state index in [0.717, 1.165) is 31.7 Å². The molecule has 0 aromatic heterocycles. The molecule has 2 aliphatic rings. The lowest BCUT2D eigenvalue weighted by atomic mass is 10.2. The highest BCUT2D eigenvalue weighted by Gasteiger charge is 2.40. The van der Waals surface area contributed by atoms with Gasteiger partial charge in [0.15, 0.2) is 5.76 Å². The molecular formula is C27H28Br2ClFN3O10P. The minimum Gasteiger partial charge on any atom is -0.506 e. The number of imide groups is 1. The van der Waals surface area contributed by atoms with E-state index in [9.17, 15) is 28.4 Å². The van der Waals surface area contributed by atoms with Gasteiger partial charge in [-0.15, -0.1) is 0 Å². The van der Waals surface area contributed by atoms with Crippen molar-refractivity contribution in [2.45, 2.75) is 45.6 Å². The van der Waals surface area contributed by atoms with Crippen LogP contribution < -0.4 is 15.0 Å². The second-order valence-corrected chi connectivity index (χ2v) is 13.4. The maximum absolute atomic E-state index is 14.3. The molecule has 18 heteroatoms. The van der Waals surface area contributed by atoms with Gasteiger partial charge in [0.2, 0.25) is 0 Å². The fourth-order valence-corrected chi connectivity index (χ4v) is 5.57. The quantitative estimate of drug-likeness (QED) is 0.158. The van der Waals surface area contributed by atoms with Gasteiger partial charge in [0.1, 0.15) is 17.3 Å². The Hall–Kier alpha value is -3.03. The maximum Gasteiger partial charge on any atom is 0.427 e. The molecule has 1 aliphatic carbocycles. The van der Waals surface area contributed by atoms with Crippen molar-refractivity contribution in [3.63, 3.8) is 0 Å². The van der Waals surface area contributed by atoms with Gasteiger partial charge in [-0.25, -0.2) is 14.1 Å². The first kappa shape index (κ1) is 38.2. The zero-order chi connectivity index (χ0) is 34.1. The SMILES string of the molecule is CC(C)=C1OC(=O)N(c2cc(OC3CCCC3)c(Cl)cc2F)C1=O.N#Cc1cc(Br)c(O)c(Br)c1.O=C(O)CNCP(=O)(O)O. The van der Waals surface area contributed by atoms with Crippen LogP contribution in [0.1, 0.15) is 45.1 Å². The zero-order valence-electron chi connectivity index (χ0n) is 23.7. The second kappa shape index (κ2) is 17.0. The molecule has 0 radical (unpaired) electrons. The number of hydrogen-bond acceptors (Lipinski definition) is 9. The van der Waals surface area contributed by atoms with Crippen molar-refractivity contribution in [3.05, 3.63) is 60.9 Å². The number of ether oxygens (including phenoxy) is 2. The van der Waals surface area contributed by atoms with Crippen LogP contribution in [-0.2, 0) is 18.9 Å². The Bertz CT molecular complexity index is 1550. The number of phenolic OH excluding ortho intramolecular Hbond substituents is 1. The van der Waals surface area contributed by atoms with Crippen LogP contribution in [-0.4, -0.2) is 56.9 Å². The van der Waals surface area contributed by atoms with Gasteiger partial charge < -0.3 is 29.5 Å². The van der Waals surface area contributed by atoms with Gasteiger partial charge >= 0.3 is 25.6 Å². The van der Waals surface area contributed by atoms with Gasteiger partial charge in [0.05, 0.1) is 50.2 Å². The van der Waals surface area contributed by atoms with E-state index in [0.29, 0.717) is 25.0 Å². The van der Waals surface area contributed by atoms with Crippen molar-refractivity contribution in [2.75, 3.05) is 17.7 Å². The number of anilines is 1. The number of halogens is 4. The molecule has 45 heavy (non-hydrogen) atoms. The average Bonchev–Trinajstić information content (AvgIpc) is 3.55. The van der Waals surface area contributed by atoms with E-state index < -0.39 is 44.2 Å². The summed E-state index contributed by atoms with van der Waals surface area (Å²) in [6.07, 6.45) is 2.40. The third kappa shape index (κ3) is 11.7. The summed E-state index contributed by atoms with van der Waals surface area (Å²) in [5, 5.41) is 27.9. The Kier molecular flexibility index (Phi) is 14.5. The number of allylic oxidation sites excluding steroid dienone is 1. The van der Waals surface area contributed by atoms with Crippen molar-refractivity contribution in [2.24, 2.45) is 0 Å². The topological polar surface area (TPSA) is 207 Å². The minimum absolute atomic E-state index is 0.00962. The number of rotatable bonds is 7. The molecule has 2 aromatic rings. The largest absolute Gasteiger partial charge is 0.506 e. The first-order chi connectivity index (χ1) is 20.9. The van der Waals surface area contributed by atoms with Gasteiger partial charge in [-0.2, -0.15) is 5.26 Å². The van der Waals surface area contributed by atoms with Gasteiger partial charge in [-0.3, -0.25) is 19.5 Å². The first-order valence-electron chi connectivity index (χ1n) is 12.9. The molecule has 4 rings (SSSR count). The molecule has 1 heterocycles. The highest BCUT2D eigenvalue weighted by atomic mass is 79.9. The van der Waals surface area contributed by atoms with E-state index >= 15 is 0 Å². The maximum atomic E-state index is 14.3. The molecule has 2 fully saturated rings. The van der Waals surface area contributed by atoms with Crippen LogP contribution in [0.3, 0.4) is 0 Å². The third-order valence-electron chi connectivity index (χ3n) is 5.80. The highest BCUT2D eigenvalue weighted by Crippen LogP contribution is 2.38. The van der Waals surface area contributed by atoms with Crippen LogP contribution in [0.5, 0.6) is 11.5 Å². The molecule has 1 saturated carbocycles. The van der Waals surface area contributed by atoms with Gasteiger partial charge in [0.25, 0.3) is 0 Å². The van der Waals surface area contributed by atoms with E-state index in [-0.39, 0.29) is 34.1 Å². The number of nitriles is 1. The molecule has 0 unspecified atom stereocenters. The summed E-state index contributed by atoms with van der Waals surface area (Å²) in [5.41, 5.74) is 0.813. The summed E-state index contributed by atoms with van der Waals surface area (Å²) in [6.45, 7) is 2.83. The normalized spacial score (nSPS) is 14.6. The molecular weight excluding hydrogens is 772 g/mol. The average molecular weight is 800 g/mol. The van der Waals surface area contributed by atoms with E-state index in [4.69, 9.17) is 41.2 Å². The Morgan fingerprint density at radius 2 is 1.78 bits per heavy atom. The number of benzene rings is 2. The van der Waals surface area contributed by atoms with E-state index in [2.05, 4.69) is 37.2 Å². The lowest BCUT2D eigenvalue weighted by Gasteiger charge is -2.18. The number of aliphatic carboxylic acids is 1. The molecule has 0 bridgehead atoms. The summed E-state index contributed by atoms with van der Waals surface area (Å²) >= 11 is 12.3. The number of cyclic esters (lactones) is 1. The fraction of sp³-hybridized carbons (Fsp3) is 0.333. The lowest BCUT2D eigenvalue weighted by Crippen LogP contribution is -2.29. The van der Waals surface area contributed by atoms with E-state index in [1.54, 1.807) is 26.0 Å². The minimum atomic E-state index is -4.10. The summed E-state index contributed by atoms with van der Waals surface area (Å²) in [4.78, 5) is 51.1. The number of carboxylic acids is 1. The molecule has 5 N–H and O–H groups in total. The lowest BCUT2D eigenvalue weighted by molar-refractivity contribution is -0.135. The predicted molar refractivity (Wildman–Crippen MR) is 167 cm³/mol. The number of amides is 2. The van der Waals surface area contributed by atoms with Crippen molar-refractivity contribution in [3.8, 4) is 17.6 Å². The predicted octanol–water partition coefficient (Wildman–Crippen LogP) is 6.16. The van der Waals surface area contributed by atoms with Crippen LogP contribution in [0.15, 0.2) is 44.5 Å². The van der Waals surface area contributed by atoms with Gasteiger partial charge in [0, 0.05) is 6.07 Å². The summed E-state index contributed by atoms with van der Waals surface area (Å²) in [7, 11) is -4.10. The van der Waals surface area contributed by atoms with Gasteiger partial charge in [-0.1, -0.05) is 11.6 Å². The standard InChI is InChI=1S/C17H17ClFNO4.C7H3Br2NO.C3H8NO5P/c1-9(2)15-16(21)20(17(22)24-15)13-8-14(11(18)7-12(13)19)23-10-5-3-4-6-10;8-5-1-4(3-10)2-6(9)7(5)11;5-3(6)1-4-2-10(7,8)9/h7-8,10H,3-6H2,1-2H3;1-2,11H;4H,1-2H2,(H,5,6)(H2,7,8,9). The second-order valence-electron chi connectivity index (χ2n) is 9.64. The van der Waals surface area contributed by atoms with Crippen molar-refractivity contribution >= 4 is 74.7 Å².